The van der Waals surface area contributed by atoms with Crippen molar-refractivity contribution >= 4 is 0 Å². The Kier molecular flexibility index (Phi) is 43.1. The average molecular weight is 1590 g/mol. The van der Waals surface area contributed by atoms with Crippen LogP contribution in [-0.4, -0.2) is 65.2 Å². The van der Waals surface area contributed by atoms with E-state index in [0.29, 0.717) is 105 Å². The van der Waals surface area contributed by atoms with Gasteiger partial charge in [-0.2, -0.15) is 0 Å². The molecule has 3 saturated carbocycles. The summed E-state index contributed by atoms with van der Waals surface area (Å²) in [6.07, 6.45) is 26.6. The van der Waals surface area contributed by atoms with Gasteiger partial charge in [-0.15, -0.1) is 0 Å². The summed E-state index contributed by atoms with van der Waals surface area (Å²) < 4.78 is 11.3. The number of hydrogen-bond donors (Lipinski definition) is 3. The first kappa shape index (κ1) is 111. The first-order valence-electron chi connectivity index (χ1n) is 48.6. The highest BCUT2D eigenvalue weighted by Crippen LogP contribution is 2.55. The molecule has 113 heavy (non-hydrogen) atoms. The average Bonchev–Trinajstić information content (AvgIpc) is 1.65. The lowest BCUT2D eigenvalue weighted by Gasteiger charge is -2.47. The van der Waals surface area contributed by atoms with Crippen LogP contribution in [0.1, 0.15) is 454 Å². The highest BCUT2D eigenvalue weighted by Gasteiger charge is 2.48. The minimum atomic E-state index is 0.373. The standard InChI is InChI=1S/C15H30.C14H29N.C14H28.2C13H27N.2C13H26O.C13H26/c1-14(2,3)12-10-8-7-9-11-13(12)15(4,5)6;1-13(2,3)11-7-9-15-10-8-12(11)14(4,5)6;1-13(2,3)11-9-7-8-10-12(11)14(4,5)6;1-12(2,3)10-7-8-14-9-11(10)13(4,5)6;1-12(2,3)10-8-7-9-14-11(10)13(4,5)6;2*1-12(2,3)10-7-8-14-9-11(10)13(4,5)6;1-12(2,3)10-8-7-9-11(10)13(4,5)6/h12-13H,7-11H2,1-6H3;11-12,15H,7-10H2,1-6H3;11-12H,7-10H2,1-6H3;2*10-11,14H,7-9H2,1-6H3;2*10-11H,7-9H2,1-6H3;10-11H,7-9H2,1-6H3. The summed E-state index contributed by atoms with van der Waals surface area (Å²) >= 11 is 0. The molecule has 5 saturated heterocycles. The normalized spacial score (nSPS) is 30.4. The number of nitrogens with one attached hydrogen (secondary N) is 3. The van der Waals surface area contributed by atoms with Crippen LogP contribution in [0.3, 0.4) is 0 Å². The third-order valence-corrected chi connectivity index (χ3v) is 30.3. The minimum absolute atomic E-state index is 0.373. The Balaban J connectivity index is 0.000000646. The first-order valence-corrected chi connectivity index (χ1v) is 48.6. The van der Waals surface area contributed by atoms with Crippen molar-refractivity contribution in [3.63, 3.8) is 0 Å². The fourth-order valence-electron chi connectivity index (χ4n) is 23.5. The van der Waals surface area contributed by atoms with Gasteiger partial charge in [0.05, 0.1) is 13.2 Å². The molecule has 0 bridgehead atoms. The largest absolute Gasteiger partial charge is 0.381 e. The molecule has 16 unspecified atom stereocenters. The second kappa shape index (κ2) is 43.9. The maximum Gasteiger partial charge on any atom is 0.0502 e. The monoisotopic (exact) mass is 1590 g/mol. The van der Waals surface area contributed by atoms with E-state index in [4.69, 9.17) is 9.47 Å². The van der Waals surface area contributed by atoms with E-state index in [0.717, 1.165) is 103 Å². The molecule has 8 fully saturated rings. The first-order chi connectivity index (χ1) is 50.3. The number of ether oxygens (including phenoxy) is 2. The molecule has 3 N–H and O–H groups in total. The van der Waals surface area contributed by atoms with Gasteiger partial charge in [0.1, 0.15) is 0 Å². The van der Waals surface area contributed by atoms with Crippen LogP contribution in [0.5, 0.6) is 0 Å². The highest BCUT2D eigenvalue weighted by atomic mass is 16.5. The van der Waals surface area contributed by atoms with Gasteiger partial charge in [-0.3, -0.25) is 0 Å². The van der Waals surface area contributed by atoms with Gasteiger partial charge in [-0.25, -0.2) is 0 Å². The molecule has 5 heteroatoms. The van der Waals surface area contributed by atoms with E-state index >= 15 is 0 Å². The van der Waals surface area contributed by atoms with Crippen molar-refractivity contribution in [3.8, 4) is 0 Å². The van der Waals surface area contributed by atoms with Crippen molar-refractivity contribution in [1.29, 1.82) is 0 Å². The Hall–Kier alpha value is -0.200. The fraction of sp³-hybridized carbons (Fsp3) is 1.00. The summed E-state index contributed by atoms with van der Waals surface area (Å²) in [4.78, 5) is 0. The van der Waals surface area contributed by atoms with Crippen molar-refractivity contribution in [2.24, 2.45) is 175 Å². The van der Waals surface area contributed by atoms with E-state index in [9.17, 15) is 0 Å². The molecule has 8 aliphatic rings. The Labute approximate surface area is 716 Å². The summed E-state index contributed by atoms with van der Waals surface area (Å²) in [6.45, 7) is 124. The molecular formula is C108H219N3O2. The molecule has 16 atom stereocenters. The predicted molar refractivity (Wildman–Crippen MR) is 511 cm³/mol. The van der Waals surface area contributed by atoms with Crippen LogP contribution in [0.25, 0.3) is 0 Å². The van der Waals surface area contributed by atoms with Gasteiger partial charge >= 0.3 is 0 Å². The lowest BCUT2D eigenvalue weighted by Crippen LogP contribution is -2.53. The van der Waals surface area contributed by atoms with Crippen molar-refractivity contribution < 1.29 is 9.47 Å². The summed E-state index contributed by atoms with van der Waals surface area (Å²) in [5, 5.41) is 10.8. The Bertz CT molecular complexity index is 2050. The third-order valence-electron chi connectivity index (χ3n) is 30.3. The summed E-state index contributed by atoms with van der Waals surface area (Å²) in [5.74, 6) is 12.8. The van der Waals surface area contributed by atoms with Gasteiger partial charge in [0.25, 0.3) is 0 Å². The SMILES string of the molecule is CC(C)(C)C1CCCC1C(C)(C)C.CC(C)(C)C1CCCCC1C(C)(C)C.CC(C)(C)C1CCCCCC1C(C)(C)C.CC(C)(C)C1CCCNC1C(C)(C)C.CC(C)(C)C1CCNCC1C(C)(C)C.CC(C)(C)C1CCNCCC1C(C)(C)C.CC(C)(C)C1CCOCC1C(C)(C)C.CC(C)(C)C1CCOCC1C(C)(C)C. The van der Waals surface area contributed by atoms with Crippen molar-refractivity contribution in [1.82, 2.24) is 16.0 Å². The summed E-state index contributed by atoms with van der Waals surface area (Å²) in [6, 6.07) is 0.677. The molecule has 0 aromatic rings. The number of hydrogen-bond acceptors (Lipinski definition) is 5. The second-order valence-electron chi connectivity index (χ2n) is 56.4. The van der Waals surface area contributed by atoms with Gasteiger partial charge in [0.15, 0.2) is 0 Å². The molecule has 0 aromatic carbocycles. The van der Waals surface area contributed by atoms with Crippen LogP contribution in [-0.2, 0) is 9.47 Å². The quantitative estimate of drug-likeness (QED) is 0.211. The van der Waals surface area contributed by atoms with E-state index < -0.39 is 0 Å². The lowest BCUT2D eigenvalue weighted by atomic mass is 9.59. The van der Waals surface area contributed by atoms with Gasteiger partial charge in [0.2, 0.25) is 0 Å². The number of rotatable bonds is 0. The Morgan fingerprint density at radius 3 is 0.593 bits per heavy atom. The van der Waals surface area contributed by atoms with Crippen LogP contribution in [0.2, 0.25) is 0 Å². The topological polar surface area (TPSA) is 54.5 Å². The van der Waals surface area contributed by atoms with Gasteiger partial charge in [-0.1, -0.05) is 371 Å². The van der Waals surface area contributed by atoms with Gasteiger partial charge < -0.3 is 25.4 Å². The van der Waals surface area contributed by atoms with Crippen LogP contribution in [0, 0.1) is 175 Å². The van der Waals surface area contributed by atoms with Crippen molar-refractivity contribution in [2.45, 2.75) is 460 Å². The summed E-state index contributed by atoms with van der Waals surface area (Å²) in [5.41, 5.74) is 7.19. The van der Waals surface area contributed by atoms with Gasteiger partial charge in [0, 0.05) is 19.3 Å². The van der Waals surface area contributed by atoms with Crippen LogP contribution < -0.4 is 16.0 Å². The van der Waals surface area contributed by atoms with Crippen LogP contribution >= 0.6 is 0 Å². The Morgan fingerprint density at radius 1 is 0.168 bits per heavy atom. The minimum Gasteiger partial charge on any atom is -0.381 e. The molecule has 0 aromatic heterocycles. The zero-order chi connectivity index (χ0) is 88.6. The van der Waals surface area contributed by atoms with Crippen LogP contribution in [0.4, 0.5) is 0 Å². The molecular weight excluding hydrogens is 1370 g/mol. The molecule has 8 rings (SSSR count). The molecule has 5 aliphatic heterocycles. The van der Waals surface area contributed by atoms with Gasteiger partial charge in [-0.05, 0) is 292 Å². The van der Waals surface area contributed by atoms with Crippen molar-refractivity contribution in [3.05, 3.63) is 0 Å². The zero-order valence-electron chi connectivity index (χ0n) is 87.4. The highest BCUT2D eigenvalue weighted by molar-refractivity contribution is 4.98. The molecule has 5 nitrogen and oxygen atoms in total. The lowest BCUT2D eigenvalue weighted by molar-refractivity contribution is -0.0656. The number of piperidine rings is 2. The molecule has 3 aliphatic carbocycles. The van der Waals surface area contributed by atoms with E-state index in [1.807, 2.05) is 0 Å². The maximum absolute atomic E-state index is 5.63. The van der Waals surface area contributed by atoms with Crippen LogP contribution in [0.15, 0.2) is 0 Å². The smallest absolute Gasteiger partial charge is 0.0502 e. The van der Waals surface area contributed by atoms with Crippen molar-refractivity contribution in [2.75, 3.05) is 59.2 Å². The fourth-order valence-corrected chi connectivity index (χ4v) is 23.5. The third kappa shape index (κ3) is 39.5. The molecule has 0 spiro atoms. The van der Waals surface area contributed by atoms with E-state index in [2.05, 4.69) is 348 Å². The molecule has 0 radical (unpaired) electrons. The van der Waals surface area contributed by atoms with E-state index in [1.165, 1.54) is 155 Å². The predicted octanol–water partition coefficient (Wildman–Crippen LogP) is 32.6. The molecule has 678 valence electrons. The molecule has 0 amide bonds. The van der Waals surface area contributed by atoms with E-state index in [1.54, 1.807) is 0 Å². The summed E-state index contributed by atoms with van der Waals surface area (Å²) in [7, 11) is 0. The molecule has 5 heterocycles. The second-order valence-corrected chi connectivity index (χ2v) is 56.4. The zero-order valence-corrected chi connectivity index (χ0v) is 87.4. The maximum atomic E-state index is 5.63. The van der Waals surface area contributed by atoms with E-state index in [-0.39, 0.29) is 0 Å². The Morgan fingerprint density at radius 2 is 0.372 bits per heavy atom.